The maximum Gasteiger partial charge on any atom is 0.252 e. The van der Waals surface area contributed by atoms with Gasteiger partial charge in [-0.2, -0.15) is 0 Å². The van der Waals surface area contributed by atoms with Crippen LogP contribution in [0, 0.1) is 0 Å². The Morgan fingerprint density at radius 1 is 1.12 bits per heavy atom. The molecule has 0 saturated heterocycles. The van der Waals surface area contributed by atoms with Gasteiger partial charge in [-0.3, -0.25) is 5.73 Å². The molecule has 0 saturated carbocycles. The van der Waals surface area contributed by atoms with Crippen LogP contribution < -0.4 is 17.2 Å². The number of nitrogens with two attached hydrogens (primary N) is 3. The van der Waals surface area contributed by atoms with Crippen LogP contribution in [-0.4, -0.2) is 21.8 Å². The molecule has 5 heteroatoms. The van der Waals surface area contributed by atoms with Crippen molar-refractivity contribution < 1.29 is 10.2 Å². The van der Waals surface area contributed by atoms with Gasteiger partial charge in [-0.15, -0.1) is 0 Å². The summed E-state index contributed by atoms with van der Waals surface area (Å²) in [7, 11) is 0. The molecule has 0 spiro atoms. The molecule has 8 N–H and O–H groups in total. The van der Waals surface area contributed by atoms with Crippen LogP contribution in [0.5, 0.6) is 0 Å². The monoisotopic (exact) mass is 121 g/mol. The highest BCUT2D eigenvalue weighted by atomic mass is 16.5. The van der Waals surface area contributed by atoms with E-state index in [1.54, 1.807) is 0 Å². The Bertz CT molecular complexity index is 67.5. The van der Waals surface area contributed by atoms with Crippen LogP contribution in [0.25, 0.3) is 0 Å². The molecule has 0 heterocycles. The van der Waals surface area contributed by atoms with Gasteiger partial charge in [0, 0.05) is 0 Å². The number of rotatable bonds is 1. The highest BCUT2D eigenvalue weighted by Crippen LogP contribution is 2.00. The van der Waals surface area contributed by atoms with E-state index in [2.05, 4.69) is 5.73 Å². The Labute approximate surface area is 47.1 Å². The van der Waals surface area contributed by atoms with Crippen LogP contribution in [0.1, 0.15) is 6.92 Å². The van der Waals surface area contributed by atoms with E-state index in [9.17, 15) is 0 Å². The Hall–Kier alpha value is -0.200. The van der Waals surface area contributed by atoms with Crippen LogP contribution in [0.4, 0.5) is 0 Å². The molecule has 5 nitrogen and oxygen atoms in total. The molecule has 50 valence electrons. The lowest BCUT2D eigenvalue weighted by atomic mass is 10.2. The predicted octanol–water partition coefficient (Wildman–Crippen LogP) is -2.78. The summed E-state index contributed by atoms with van der Waals surface area (Å²) in [5, 5.41) is 16.9. The summed E-state index contributed by atoms with van der Waals surface area (Å²) in [4.78, 5) is 0. The van der Waals surface area contributed by atoms with E-state index in [-0.39, 0.29) is 0 Å². The zero-order valence-corrected chi connectivity index (χ0v) is 4.63. The van der Waals surface area contributed by atoms with Crippen molar-refractivity contribution in [2.45, 2.75) is 18.5 Å². The van der Waals surface area contributed by atoms with Crippen molar-refractivity contribution in [3.05, 3.63) is 0 Å². The molecule has 0 amide bonds. The summed E-state index contributed by atoms with van der Waals surface area (Å²) in [5.74, 6) is -2.51. The van der Waals surface area contributed by atoms with Crippen molar-refractivity contribution in [2.24, 2.45) is 17.2 Å². The first kappa shape index (κ1) is 7.80. The lowest BCUT2D eigenvalue weighted by Crippen LogP contribution is -2.69. The summed E-state index contributed by atoms with van der Waals surface area (Å²) < 4.78 is 0. The first-order chi connectivity index (χ1) is 3.25. The minimum atomic E-state index is -2.51. The molecule has 0 aromatic heterocycles. The summed E-state index contributed by atoms with van der Waals surface area (Å²) in [5.41, 5.74) is 12.9. The number of hydrogen-bond donors (Lipinski definition) is 5. The third-order valence-electron chi connectivity index (χ3n) is 0.793. The zero-order valence-electron chi connectivity index (χ0n) is 4.63. The fourth-order valence-electron chi connectivity index (χ4n) is 0. The Morgan fingerprint density at radius 2 is 1.25 bits per heavy atom. The smallest absolute Gasteiger partial charge is 0.252 e. The molecular weight excluding hydrogens is 110 g/mol. The number of hydrogen-bond acceptors (Lipinski definition) is 5. The third kappa shape index (κ3) is 1.73. The molecule has 0 unspecified atom stereocenters. The van der Waals surface area contributed by atoms with Gasteiger partial charge in [0.15, 0.2) is 0 Å². The van der Waals surface area contributed by atoms with Crippen LogP contribution in [0.3, 0.4) is 0 Å². The van der Waals surface area contributed by atoms with E-state index in [0.717, 1.165) is 0 Å². The summed E-state index contributed by atoms with van der Waals surface area (Å²) >= 11 is 0. The normalized spacial score (nSPS) is 14.2. The van der Waals surface area contributed by atoms with Crippen molar-refractivity contribution >= 4 is 0 Å². The molecule has 0 aliphatic heterocycles. The van der Waals surface area contributed by atoms with Crippen LogP contribution in [0.15, 0.2) is 0 Å². The largest absolute Gasteiger partial charge is 0.351 e. The molecular formula is C3H11N3O2. The van der Waals surface area contributed by atoms with Crippen LogP contribution in [-0.2, 0) is 0 Å². The summed E-state index contributed by atoms with van der Waals surface area (Å²) in [6.07, 6.45) is 0. The van der Waals surface area contributed by atoms with Gasteiger partial charge >= 0.3 is 0 Å². The second-order valence-corrected chi connectivity index (χ2v) is 2.01. The molecule has 0 aliphatic carbocycles. The molecule has 0 fully saturated rings. The molecule has 0 atom stereocenters. The summed E-state index contributed by atoms with van der Waals surface area (Å²) in [6.45, 7) is 1.20. The molecule has 0 aromatic carbocycles. The second kappa shape index (κ2) is 1.64. The topological polar surface area (TPSA) is 119 Å². The number of aliphatic hydroxyl groups is 2. The van der Waals surface area contributed by atoms with Gasteiger partial charge in [-0.1, -0.05) is 0 Å². The van der Waals surface area contributed by atoms with E-state index >= 15 is 0 Å². The maximum atomic E-state index is 8.44. The quantitative estimate of drug-likeness (QED) is 0.240. The molecule has 8 heavy (non-hydrogen) atoms. The van der Waals surface area contributed by atoms with E-state index in [0.29, 0.717) is 0 Å². The zero-order chi connectivity index (χ0) is 7.00. The SMILES string of the molecule is CC(N)(N)C(N)(O)O. The highest BCUT2D eigenvalue weighted by Gasteiger charge is 2.35. The molecule has 0 aliphatic rings. The molecule has 0 bridgehead atoms. The predicted molar refractivity (Wildman–Crippen MR) is 28.1 cm³/mol. The highest BCUT2D eigenvalue weighted by molar-refractivity contribution is 4.81. The van der Waals surface area contributed by atoms with Crippen molar-refractivity contribution in [1.82, 2.24) is 0 Å². The van der Waals surface area contributed by atoms with Gasteiger partial charge in [-0.25, -0.2) is 0 Å². The van der Waals surface area contributed by atoms with Crippen molar-refractivity contribution in [2.75, 3.05) is 0 Å². The van der Waals surface area contributed by atoms with Gasteiger partial charge in [-0.05, 0) is 6.92 Å². The van der Waals surface area contributed by atoms with Gasteiger partial charge in [0.1, 0.15) is 5.66 Å². The van der Waals surface area contributed by atoms with Crippen LogP contribution in [0.2, 0.25) is 0 Å². The Balaban J connectivity index is 4.02. The van der Waals surface area contributed by atoms with E-state index in [1.807, 2.05) is 0 Å². The van der Waals surface area contributed by atoms with Crippen molar-refractivity contribution in [3.63, 3.8) is 0 Å². The van der Waals surface area contributed by atoms with Gasteiger partial charge in [0.2, 0.25) is 0 Å². The average molecular weight is 121 g/mol. The lowest BCUT2D eigenvalue weighted by molar-refractivity contribution is -0.199. The van der Waals surface area contributed by atoms with Gasteiger partial charge in [0.25, 0.3) is 5.91 Å². The van der Waals surface area contributed by atoms with Gasteiger partial charge < -0.3 is 21.7 Å². The minimum Gasteiger partial charge on any atom is -0.351 e. The van der Waals surface area contributed by atoms with E-state index in [1.165, 1.54) is 6.92 Å². The Kier molecular flexibility index (Phi) is 1.60. The first-order valence-electron chi connectivity index (χ1n) is 2.06. The fraction of sp³-hybridized carbons (Fsp3) is 1.00. The third-order valence-corrected chi connectivity index (χ3v) is 0.793. The average Bonchev–Trinajstić information content (AvgIpc) is 1.25. The van der Waals surface area contributed by atoms with Crippen molar-refractivity contribution in [1.29, 1.82) is 0 Å². The minimum absolute atomic E-state index is 1.20. The van der Waals surface area contributed by atoms with Gasteiger partial charge in [0.05, 0.1) is 0 Å². The first-order valence-corrected chi connectivity index (χ1v) is 2.06. The van der Waals surface area contributed by atoms with Crippen molar-refractivity contribution in [3.8, 4) is 0 Å². The lowest BCUT2D eigenvalue weighted by Gasteiger charge is -2.29. The fourth-order valence-corrected chi connectivity index (χ4v) is 0. The second-order valence-electron chi connectivity index (χ2n) is 2.01. The van der Waals surface area contributed by atoms with E-state index in [4.69, 9.17) is 21.7 Å². The summed E-state index contributed by atoms with van der Waals surface area (Å²) in [6, 6.07) is 0. The molecule has 0 aromatic rings. The molecule has 0 radical (unpaired) electrons. The van der Waals surface area contributed by atoms with E-state index < -0.39 is 11.6 Å². The molecule has 0 rings (SSSR count). The van der Waals surface area contributed by atoms with Crippen LogP contribution >= 0.6 is 0 Å². The Morgan fingerprint density at radius 3 is 1.25 bits per heavy atom. The maximum absolute atomic E-state index is 8.44. The standard InChI is InChI=1S/C3H11N3O2/c1-2(4,5)3(6,7)8/h7-8H,4-6H2,1H3.